The number of halogens is 5. The Bertz CT molecular complexity index is 1250. The van der Waals surface area contributed by atoms with Gasteiger partial charge < -0.3 is 9.47 Å². The molecule has 3 aromatic carbocycles. The zero-order chi connectivity index (χ0) is 24.4. The van der Waals surface area contributed by atoms with Crippen LogP contribution >= 0.6 is 0 Å². The van der Waals surface area contributed by atoms with E-state index >= 15 is 0 Å². The molecule has 0 bridgehead atoms. The van der Waals surface area contributed by atoms with Gasteiger partial charge in [0, 0.05) is 16.7 Å². The van der Waals surface area contributed by atoms with Crippen molar-refractivity contribution >= 4 is 5.57 Å². The Kier molecular flexibility index (Phi) is 6.91. The van der Waals surface area contributed by atoms with Crippen molar-refractivity contribution in [2.45, 2.75) is 32.1 Å². The molecule has 1 unspecified atom stereocenters. The van der Waals surface area contributed by atoms with Gasteiger partial charge >= 0.3 is 0 Å². The molecule has 0 amide bonds. The van der Waals surface area contributed by atoms with Crippen LogP contribution in [0.25, 0.3) is 16.7 Å². The monoisotopic (exact) mass is 474 g/mol. The van der Waals surface area contributed by atoms with E-state index in [2.05, 4.69) is 0 Å². The highest BCUT2D eigenvalue weighted by Crippen LogP contribution is 2.39. The minimum Gasteiger partial charge on any atom is -0.494 e. The van der Waals surface area contributed by atoms with Crippen molar-refractivity contribution in [3.05, 3.63) is 88.8 Å². The van der Waals surface area contributed by atoms with Crippen molar-refractivity contribution < 1.29 is 31.4 Å². The Morgan fingerprint density at radius 3 is 2.09 bits per heavy atom. The Labute approximate surface area is 194 Å². The van der Waals surface area contributed by atoms with Gasteiger partial charge in [-0.25, -0.2) is 13.2 Å². The number of allylic oxidation sites excluding steroid dienone is 2. The molecule has 4 rings (SSSR count). The largest absolute Gasteiger partial charge is 0.494 e. The smallest absolute Gasteiger partial charge is 0.201 e. The summed E-state index contributed by atoms with van der Waals surface area (Å²) in [7, 11) is 1.22. The molecule has 0 saturated heterocycles. The van der Waals surface area contributed by atoms with Gasteiger partial charge in [-0.2, -0.15) is 8.78 Å². The van der Waals surface area contributed by atoms with Gasteiger partial charge in [0.25, 0.3) is 0 Å². The van der Waals surface area contributed by atoms with Crippen LogP contribution in [-0.2, 0) is 0 Å². The maximum absolute atomic E-state index is 14.9. The van der Waals surface area contributed by atoms with E-state index < -0.39 is 29.1 Å². The quantitative estimate of drug-likeness (QED) is 0.339. The molecule has 34 heavy (non-hydrogen) atoms. The summed E-state index contributed by atoms with van der Waals surface area (Å²) in [5, 5.41) is 0. The third kappa shape index (κ3) is 4.39. The number of benzene rings is 3. The van der Waals surface area contributed by atoms with Gasteiger partial charge in [-0.05, 0) is 73.6 Å². The molecule has 7 heteroatoms. The predicted octanol–water partition coefficient (Wildman–Crippen LogP) is 7.81. The molecule has 0 heterocycles. The van der Waals surface area contributed by atoms with E-state index in [-0.39, 0.29) is 40.7 Å². The van der Waals surface area contributed by atoms with E-state index in [9.17, 15) is 22.0 Å². The van der Waals surface area contributed by atoms with Gasteiger partial charge in [-0.1, -0.05) is 18.2 Å². The van der Waals surface area contributed by atoms with Gasteiger partial charge in [0.15, 0.2) is 23.1 Å². The fourth-order valence-corrected chi connectivity index (χ4v) is 4.33. The zero-order valence-electron chi connectivity index (χ0n) is 18.7. The van der Waals surface area contributed by atoms with Crippen molar-refractivity contribution in [1.82, 2.24) is 0 Å². The summed E-state index contributed by atoms with van der Waals surface area (Å²) in [5.74, 6) is -5.40. The molecule has 178 valence electrons. The molecule has 0 saturated carbocycles. The van der Waals surface area contributed by atoms with Crippen LogP contribution in [0.5, 0.6) is 11.5 Å². The van der Waals surface area contributed by atoms with Crippen LogP contribution in [-0.4, -0.2) is 13.7 Å². The van der Waals surface area contributed by atoms with Crippen LogP contribution in [0.1, 0.15) is 43.2 Å². The first-order chi connectivity index (χ1) is 16.3. The first kappa shape index (κ1) is 23.8. The standard InChI is InChI=1S/C27H23F5O2/c1-3-34-23-13-10-18(24(29)27(23)32)16-6-4-15(5-7-16)17-8-9-19(21(28)14-17)20-11-12-22(33-2)26(31)25(20)30/h6,8-15H,3-5,7H2,1-2H3. The Morgan fingerprint density at radius 1 is 0.794 bits per heavy atom. The molecule has 0 N–H and O–H groups in total. The Hall–Kier alpha value is -3.35. The van der Waals surface area contributed by atoms with Gasteiger partial charge in [0.05, 0.1) is 13.7 Å². The van der Waals surface area contributed by atoms with E-state index in [1.165, 1.54) is 43.5 Å². The lowest BCUT2D eigenvalue weighted by Gasteiger charge is -2.23. The van der Waals surface area contributed by atoms with Crippen LogP contribution in [0, 0.1) is 29.1 Å². The van der Waals surface area contributed by atoms with Crippen molar-refractivity contribution in [1.29, 1.82) is 0 Å². The lowest BCUT2D eigenvalue weighted by Crippen LogP contribution is -2.07. The summed E-state index contributed by atoms with van der Waals surface area (Å²) < 4.78 is 82.0. The first-order valence-electron chi connectivity index (χ1n) is 11.0. The summed E-state index contributed by atoms with van der Waals surface area (Å²) in [6.07, 6.45) is 3.42. The zero-order valence-corrected chi connectivity index (χ0v) is 18.7. The maximum atomic E-state index is 14.9. The highest BCUT2D eigenvalue weighted by molar-refractivity contribution is 5.69. The molecule has 0 radical (unpaired) electrons. The lowest BCUT2D eigenvalue weighted by molar-refractivity contribution is 0.314. The highest BCUT2D eigenvalue weighted by Gasteiger charge is 2.23. The Morgan fingerprint density at radius 2 is 1.44 bits per heavy atom. The minimum atomic E-state index is -1.18. The third-order valence-electron chi connectivity index (χ3n) is 6.13. The van der Waals surface area contributed by atoms with Gasteiger partial charge in [0.1, 0.15) is 5.82 Å². The molecule has 0 spiro atoms. The van der Waals surface area contributed by atoms with Crippen LogP contribution in [0.3, 0.4) is 0 Å². The summed E-state index contributed by atoms with van der Waals surface area (Å²) in [6, 6.07) is 9.87. The van der Waals surface area contributed by atoms with Crippen molar-refractivity contribution in [2.75, 3.05) is 13.7 Å². The van der Waals surface area contributed by atoms with Crippen LogP contribution < -0.4 is 9.47 Å². The van der Waals surface area contributed by atoms with E-state index in [4.69, 9.17) is 9.47 Å². The van der Waals surface area contributed by atoms with Crippen molar-refractivity contribution in [2.24, 2.45) is 0 Å². The van der Waals surface area contributed by atoms with Crippen LogP contribution in [0.4, 0.5) is 22.0 Å². The molecule has 1 aliphatic carbocycles. The molecule has 0 aliphatic heterocycles. The van der Waals surface area contributed by atoms with Crippen molar-refractivity contribution in [3.63, 3.8) is 0 Å². The van der Waals surface area contributed by atoms with Crippen LogP contribution in [0.2, 0.25) is 0 Å². The number of rotatable bonds is 6. The molecule has 0 fully saturated rings. The second-order valence-corrected chi connectivity index (χ2v) is 8.06. The lowest BCUT2D eigenvalue weighted by atomic mass is 9.82. The predicted molar refractivity (Wildman–Crippen MR) is 120 cm³/mol. The highest BCUT2D eigenvalue weighted by atomic mass is 19.2. The van der Waals surface area contributed by atoms with Crippen LogP contribution in [0.15, 0.2) is 48.5 Å². The molecule has 2 nitrogen and oxygen atoms in total. The normalized spacial score (nSPS) is 15.7. The van der Waals surface area contributed by atoms with E-state index in [0.29, 0.717) is 30.4 Å². The first-order valence-corrected chi connectivity index (χ1v) is 11.0. The van der Waals surface area contributed by atoms with Gasteiger partial charge in [-0.3, -0.25) is 0 Å². The van der Waals surface area contributed by atoms with E-state index in [1.54, 1.807) is 13.0 Å². The molecular formula is C27H23F5O2. The molecule has 1 aliphatic rings. The van der Waals surface area contributed by atoms with Crippen molar-refractivity contribution in [3.8, 4) is 22.6 Å². The summed E-state index contributed by atoms with van der Waals surface area (Å²) in [6.45, 7) is 1.92. The fourth-order valence-electron chi connectivity index (χ4n) is 4.33. The van der Waals surface area contributed by atoms with E-state index in [1.807, 2.05) is 6.08 Å². The number of ether oxygens (including phenoxy) is 2. The second-order valence-electron chi connectivity index (χ2n) is 8.06. The molecule has 0 aromatic heterocycles. The number of hydrogen-bond donors (Lipinski definition) is 0. The molecular weight excluding hydrogens is 451 g/mol. The fraction of sp³-hybridized carbons (Fsp3) is 0.259. The Balaban J connectivity index is 1.55. The van der Waals surface area contributed by atoms with Gasteiger partial charge in [-0.15, -0.1) is 0 Å². The maximum Gasteiger partial charge on any atom is 0.201 e. The van der Waals surface area contributed by atoms with E-state index in [0.717, 1.165) is 0 Å². The second kappa shape index (κ2) is 9.87. The topological polar surface area (TPSA) is 18.5 Å². The summed E-state index contributed by atoms with van der Waals surface area (Å²) in [4.78, 5) is 0. The summed E-state index contributed by atoms with van der Waals surface area (Å²) >= 11 is 0. The van der Waals surface area contributed by atoms with Gasteiger partial charge in [0.2, 0.25) is 11.6 Å². The SMILES string of the molecule is CCOc1ccc(C2=CCC(c3ccc(-c4ccc(OC)c(F)c4F)c(F)c3)CC2)c(F)c1F. The average Bonchev–Trinajstić information content (AvgIpc) is 2.84. The number of methoxy groups -OCH3 is 1. The molecule has 1 atom stereocenters. The number of hydrogen-bond acceptors (Lipinski definition) is 2. The molecule has 3 aromatic rings. The summed E-state index contributed by atoms with van der Waals surface area (Å²) in [5.41, 5.74) is 1.33. The average molecular weight is 474 g/mol. The minimum absolute atomic E-state index is 0.0413. The third-order valence-corrected chi connectivity index (χ3v) is 6.13.